The zero-order valence-electron chi connectivity index (χ0n) is 4.18. The zero-order chi connectivity index (χ0) is 5.70. The zero-order valence-corrected chi connectivity index (χ0v) is 7.01. The maximum atomic E-state index is 9.93. The van der Waals surface area contributed by atoms with Crippen LogP contribution in [0.4, 0.5) is 0 Å². The average Bonchev–Trinajstić information content (AvgIpc) is 1.61. The molecule has 0 aromatic carbocycles. The second kappa shape index (κ2) is 4.03. The molecule has 0 amide bonds. The van der Waals surface area contributed by atoms with Gasteiger partial charge in [-0.1, -0.05) is 0 Å². The highest BCUT2D eigenvalue weighted by Gasteiger charge is 1.88. The normalized spacial score (nSPS) is 11.7. The van der Waals surface area contributed by atoms with Gasteiger partial charge in [-0.2, -0.15) is 0 Å². The highest BCUT2D eigenvalue weighted by Crippen LogP contribution is 1.66. The third-order valence-corrected chi connectivity index (χ3v) is 2.35. The van der Waals surface area contributed by atoms with Gasteiger partial charge in [0.1, 0.15) is 0 Å². The van der Waals surface area contributed by atoms with Crippen molar-refractivity contribution in [2.75, 3.05) is 0 Å². The van der Waals surface area contributed by atoms with Gasteiger partial charge >= 0.3 is 0 Å². The van der Waals surface area contributed by atoms with E-state index in [-0.39, 0.29) is 5.97 Å². The molecule has 0 aliphatic carbocycles. The topological polar surface area (TPSA) is 46.5 Å². The number of carbonyl (C=O) groups excluding carboxylic acids is 1. The van der Waals surface area contributed by atoms with Gasteiger partial charge in [0, 0.05) is 6.92 Å². The first-order valence-corrected chi connectivity index (χ1v) is 7.22. The van der Waals surface area contributed by atoms with Gasteiger partial charge in [0.2, 0.25) is 9.28 Å². The summed E-state index contributed by atoms with van der Waals surface area (Å²) in [5.41, 5.74) is 0. The quantitative estimate of drug-likeness (QED) is 0.431. The van der Waals surface area contributed by atoms with Crippen molar-refractivity contribution < 1.29 is 14.0 Å². The van der Waals surface area contributed by atoms with Crippen molar-refractivity contribution in [3.05, 3.63) is 0 Å². The molecule has 0 unspecified atom stereocenters. The van der Waals surface area contributed by atoms with Gasteiger partial charge in [-0.3, -0.25) is 4.79 Å². The van der Waals surface area contributed by atoms with Gasteiger partial charge < -0.3 is 9.22 Å². The Hall–Kier alpha value is -0.136. The lowest BCUT2D eigenvalue weighted by Crippen LogP contribution is -2.10. The standard InChI is InChI=1S/C2H8O3Si2/c1-2(3)5-7-6-4/h4H,6-7H2,1H3. The maximum absolute atomic E-state index is 9.93. The fraction of sp³-hybridized carbons (Fsp3) is 0.500. The molecule has 0 rings (SSSR count). The van der Waals surface area contributed by atoms with Crippen LogP contribution in [0, 0.1) is 0 Å². The van der Waals surface area contributed by atoms with Gasteiger partial charge in [-0.05, 0) is 0 Å². The number of carbonyl (C=O) groups is 1. The summed E-state index contributed by atoms with van der Waals surface area (Å²) in [6.45, 7) is 1.36. The Balaban J connectivity index is 2.82. The van der Waals surface area contributed by atoms with Crippen molar-refractivity contribution in [3.63, 3.8) is 0 Å². The van der Waals surface area contributed by atoms with E-state index in [0.717, 1.165) is 0 Å². The number of rotatable bonds is 2. The lowest BCUT2D eigenvalue weighted by molar-refractivity contribution is -0.131. The van der Waals surface area contributed by atoms with E-state index in [1.54, 1.807) is 0 Å². The minimum absolute atomic E-state index is 0.256. The molecule has 0 aromatic heterocycles. The fourth-order valence-corrected chi connectivity index (χ4v) is 1.70. The van der Waals surface area contributed by atoms with E-state index in [9.17, 15) is 4.79 Å². The Labute approximate surface area is 46.4 Å². The molecule has 0 bridgehead atoms. The predicted octanol–water partition coefficient (Wildman–Crippen LogP) is -2.38. The summed E-state index contributed by atoms with van der Waals surface area (Å²) in [5.74, 6) is -0.256. The minimum atomic E-state index is -0.933. The summed E-state index contributed by atoms with van der Waals surface area (Å²) in [4.78, 5) is 18.2. The van der Waals surface area contributed by atoms with Crippen LogP contribution in [-0.2, 0) is 9.22 Å². The summed E-state index contributed by atoms with van der Waals surface area (Å²) in [7, 11) is -1.71. The molecular weight excluding hydrogens is 128 g/mol. The Morgan fingerprint density at radius 2 is 2.43 bits per heavy atom. The molecule has 0 saturated carbocycles. The van der Waals surface area contributed by atoms with Crippen LogP contribution < -0.4 is 0 Å². The van der Waals surface area contributed by atoms with Gasteiger partial charge in [0.15, 0.2) is 9.28 Å². The summed E-state index contributed by atoms with van der Waals surface area (Å²) >= 11 is 0. The molecule has 0 saturated heterocycles. The Bertz CT molecular complexity index is 64.0. The van der Waals surface area contributed by atoms with E-state index in [0.29, 0.717) is 0 Å². The second-order valence-corrected chi connectivity index (χ2v) is 4.77. The maximum Gasteiger partial charge on any atom is 0.288 e. The van der Waals surface area contributed by atoms with Crippen LogP contribution in [0.2, 0.25) is 0 Å². The van der Waals surface area contributed by atoms with Crippen molar-refractivity contribution in [1.82, 2.24) is 0 Å². The van der Waals surface area contributed by atoms with E-state index < -0.39 is 18.6 Å². The molecule has 0 radical (unpaired) electrons. The molecular formula is C2H8O3Si2. The van der Waals surface area contributed by atoms with Crippen LogP contribution in [0.25, 0.3) is 0 Å². The van der Waals surface area contributed by atoms with Crippen molar-refractivity contribution in [2.24, 2.45) is 0 Å². The Morgan fingerprint density at radius 3 is 2.57 bits per heavy atom. The molecule has 0 fully saturated rings. The van der Waals surface area contributed by atoms with E-state index >= 15 is 0 Å². The molecule has 0 spiro atoms. The van der Waals surface area contributed by atoms with Gasteiger partial charge in [0.25, 0.3) is 5.97 Å². The first-order chi connectivity index (χ1) is 3.27. The van der Waals surface area contributed by atoms with E-state index in [2.05, 4.69) is 4.43 Å². The van der Waals surface area contributed by atoms with Gasteiger partial charge in [-0.25, -0.2) is 0 Å². The average molecular weight is 136 g/mol. The third-order valence-electron chi connectivity index (χ3n) is 0.397. The molecule has 0 atom stereocenters. The summed E-state index contributed by atoms with van der Waals surface area (Å²) in [6.07, 6.45) is 0. The van der Waals surface area contributed by atoms with Gasteiger partial charge in [0.05, 0.1) is 0 Å². The van der Waals surface area contributed by atoms with Crippen LogP contribution in [-0.4, -0.2) is 29.3 Å². The van der Waals surface area contributed by atoms with E-state index in [1.807, 2.05) is 0 Å². The molecule has 7 heavy (non-hydrogen) atoms. The van der Waals surface area contributed by atoms with Crippen LogP contribution in [0.5, 0.6) is 0 Å². The summed E-state index contributed by atoms with van der Waals surface area (Å²) in [6, 6.07) is 0. The second-order valence-electron chi connectivity index (χ2n) is 1.06. The van der Waals surface area contributed by atoms with Crippen LogP contribution >= 0.6 is 0 Å². The Kier molecular flexibility index (Phi) is 3.96. The fourth-order valence-electron chi connectivity index (χ4n) is 0.189. The van der Waals surface area contributed by atoms with Crippen LogP contribution in [0.15, 0.2) is 0 Å². The van der Waals surface area contributed by atoms with Crippen molar-refractivity contribution >= 4 is 24.5 Å². The van der Waals surface area contributed by atoms with E-state index in [1.165, 1.54) is 6.92 Å². The predicted molar refractivity (Wildman–Crippen MR) is 31.1 cm³/mol. The highest BCUT2D eigenvalue weighted by atomic mass is 29.2. The number of hydrogen-bond acceptors (Lipinski definition) is 3. The van der Waals surface area contributed by atoms with Crippen LogP contribution in [0.1, 0.15) is 6.92 Å². The van der Waals surface area contributed by atoms with Gasteiger partial charge in [-0.15, -0.1) is 0 Å². The Morgan fingerprint density at radius 1 is 1.86 bits per heavy atom. The smallest absolute Gasteiger partial charge is 0.288 e. The van der Waals surface area contributed by atoms with Crippen LogP contribution in [0.3, 0.4) is 0 Å². The molecule has 3 nitrogen and oxygen atoms in total. The molecule has 0 heterocycles. The minimum Gasteiger partial charge on any atom is -0.526 e. The van der Waals surface area contributed by atoms with E-state index in [4.69, 9.17) is 4.80 Å². The third kappa shape index (κ3) is 5.86. The van der Waals surface area contributed by atoms with Crippen molar-refractivity contribution in [3.8, 4) is 0 Å². The SMILES string of the molecule is CC(=O)O[SiH2][SiH2]O. The first-order valence-electron chi connectivity index (χ1n) is 2.01. The molecule has 1 N–H and O–H groups in total. The largest absolute Gasteiger partial charge is 0.526 e. The highest BCUT2D eigenvalue weighted by molar-refractivity contribution is 6.93. The molecule has 0 aromatic rings. The first kappa shape index (κ1) is 6.86. The number of hydrogen-bond donors (Lipinski definition) is 1. The van der Waals surface area contributed by atoms with Crippen molar-refractivity contribution in [1.29, 1.82) is 0 Å². The molecule has 0 aliphatic heterocycles. The molecule has 0 aliphatic rings. The van der Waals surface area contributed by atoms with Crippen molar-refractivity contribution in [2.45, 2.75) is 6.92 Å². The summed E-state index contributed by atoms with van der Waals surface area (Å²) < 4.78 is 4.50. The lowest BCUT2D eigenvalue weighted by atomic mass is 10.9. The lowest BCUT2D eigenvalue weighted by Gasteiger charge is -1.92. The molecule has 42 valence electrons. The molecule has 5 heteroatoms. The monoisotopic (exact) mass is 136 g/mol. The summed E-state index contributed by atoms with van der Waals surface area (Å²) in [5, 5.41) is 0.